The number of carbonyl (C=O) groups excluding carboxylic acids is 2. The quantitative estimate of drug-likeness (QED) is 0.785. The zero-order valence-corrected chi connectivity index (χ0v) is 16.1. The highest BCUT2D eigenvalue weighted by Gasteiger charge is 2.40. The summed E-state index contributed by atoms with van der Waals surface area (Å²) in [6.07, 6.45) is 3.44. The van der Waals surface area contributed by atoms with Crippen LogP contribution in [-0.2, 0) is 16.1 Å². The number of likely N-dealkylation sites (tertiary alicyclic amines) is 1. The van der Waals surface area contributed by atoms with Gasteiger partial charge in [-0.05, 0) is 37.0 Å². The molecule has 1 atom stereocenters. The molecule has 0 N–H and O–H groups in total. The van der Waals surface area contributed by atoms with Gasteiger partial charge in [0.05, 0.1) is 5.92 Å². The van der Waals surface area contributed by atoms with Crippen LogP contribution in [0.3, 0.4) is 0 Å². The molecule has 1 aromatic carbocycles. The van der Waals surface area contributed by atoms with Crippen LogP contribution in [0.15, 0.2) is 18.2 Å². The predicted octanol–water partition coefficient (Wildman–Crippen LogP) is 1.46. The Labute approximate surface area is 165 Å². The fraction of sp³-hybridized carbons (Fsp3) is 0.619. The molecule has 7 heteroatoms. The predicted molar refractivity (Wildman–Crippen MR) is 102 cm³/mol. The van der Waals surface area contributed by atoms with Crippen LogP contribution in [0.5, 0.6) is 11.5 Å². The molecule has 0 bridgehead atoms. The van der Waals surface area contributed by atoms with Crippen molar-refractivity contribution >= 4 is 11.8 Å². The van der Waals surface area contributed by atoms with Crippen molar-refractivity contribution in [3.63, 3.8) is 0 Å². The van der Waals surface area contributed by atoms with E-state index in [1.165, 1.54) is 5.56 Å². The molecule has 2 saturated heterocycles. The highest BCUT2D eigenvalue weighted by molar-refractivity contribution is 5.84. The molecule has 1 aliphatic carbocycles. The van der Waals surface area contributed by atoms with Crippen molar-refractivity contribution in [3.05, 3.63) is 23.8 Å². The van der Waals surface area contributed by atoms with Gasteiger partial charge in [0.2, 0.25) is 18.6 Å². The minimum Gasteiger partial charge on any atom is -0.454 e. The summed E-state index contributed by atoms with van der Waals surface area (Å²) in [5.74, 6) is 2.09. The summed E-state index contributed by atoms with van der Waals surface area (Å²) < 4.78 is 10.8. The number of amides is 2. The van der Waals surface area contributed by atoms with Crippen LogP contribution in [0.25, 0.3) is 0 Å². The molecule has 2 amide bonds. The second kappa shape index (κ2) is 7.28. The standard InChI is InChI=1S/C21H27N3O4/c25-20-6-2-16(13-24(20)17-3-4-17)21(26)23-9-7-22(8-10-23)12-15-1-5-18-19(11-15)28-14-27-18/h1,5,11,16-17H,2-4,6-10,12-14H2/t16-/m1/s1. The van der Waals surface area contributed by atoms with Crippen LogP contribution in [-0.4, -0.2) is 72.1 Å². The molecule has 28 heavy (non-hydrogen) atoms. The monoisotopic (exact) mass is 385 g/mol. The molecule has 0 unspecified atom stereocenters. The summed E-state index contributed by atoms with van der Waals surface area (Å²) in [5, 5.41) is 0. The Morgan fingerprint density at radius 2 is 1.82 bits per heavy atom. The number of benzene rings is 1. The largest absolute Gasteiger partial charge is 0.454 e. The average molecular weight is 385 g/mol. The third-order valence-electron chi connectivity index (χ3n) is 6.31. The van der Waals surface area contributed by atoms with E-state index in [1.54, 1.807) is 0 Å². The lowest BCUT2D eigenvalue weighted by Gasteiger charge is -2.39. The first-order valence-electron chi connectivity index (χ1n) is 10.4. The number of hydrogen-bond donors (Lipinski definition) is 0. The van der Waals surface area contributed by atoms with Gasteiger partial charge >= 0.3 is 0 Å². The van der Waals surface area contributed by atoms with Gasteiger partial charge in [0.25, 0.3) is 0 Å². The van der Waals surface area contributed by atoms with Crippen molar-refractivity contribution in [2.24, 2.45) is 5.92 Å². The van der Waals surface area contributed by atoms with Crippen LogP contribution in [0.2, 0.25) is 0 Å². The number of nitrogens with zero attached hydrogens (tertiary/aromatic N) is 3. The minimum absolute atomic E-state index is 0.0151. The van der Waals surface area contributed by atoms with Crippen LogP contribution >= 0.6 is 0 Å². The molecule has 7 nitrogen and oxygen atoms in total. The third kappa shape index (κ3) is 3.55. The molecule has 3 aliphatic heterocycles. The van der Waals surface area contributed by atoms with Crippen molar-refractivity contribution in [3.8, 4) is 11.5 Å². The zero-order valence-electron chi connectivity index (χ0n) is 16.1. The van der Waals surface area contributed by atoms with E-state index in [-0.39, 0.29) is 17.7 Å². The van der Waals surface area contributed by atoms with Crippen molar-refractivity contribution in [1.82, 2.24) is 14.7 Å². The number of piperidine rings is 1. The molecule has 1 aromatic rings. The lowest BCUT2D eigenvalue weighted by molar-refractivity contribution is -0.144. The SMILES string of the molecule is O=C([C@@H]1CCC(=O)N(C2CC2)C1)N1CCN(Cc2ccc3c(c2)OCO3)CC1. The van der Waals surface area contributed by atoms with E-state index in [0.717, 1.165) is 57.1 Å². The van der Waals surface area contributed by atoms with Gasteiger partial charge < -0.3 is 19.3 Å². The number of ether oxygens (including phenoxy) is 2. The number of fused-ring (bicyclic) bond motifs is 1. The molecule has 5 rings (SSSR count). The maximum atomic E-state index is 13.0. The zero-order chi connectivity index (χ0) is 19.1. The topological polar surface area (TPSA) is 62.3 Å². The molecule has 0 spiro atoms. The number of piperazine rings is 1. The van der Waals surface area contributed by atoms with Gasteiger partial charge in [0, 0.05) is 51.7 Å². The Kier molecular flexibility index (Phi) is 4.62. The van der Waals surface area contributed by atoms with E-state index < -0.39 is 0 Å². The molecule has 1 saturated carbocycles. The molecular formula is C21H27N3O4. The van der Waals surface area contributed by atoms with Crippen LogP contribution in [0.1, 0.15) is 31.2 Å². The molecule has 0 aromatic heterocycles. The van der Waals surface area contributed by atoms with E-state index in [4.69, 9.17) is 9.47 Å². The average Bonchev–Trinajstić information content (AvgIpc) is 3.45. The van der Waals surface area contributed by atoms with Gasteiger partial charge in [0.15, 0.2) is 11.5 Å². The summed E-state index contributed by atoms with van der Waals surface area (Å²) in [4.78, 5) is 31.4. The van der Waals surface area contributed by atoms with E-state index in [9.17, 15) is 9.59 Å². The Bertz CT molecular complexity index is 771. The minimum atomic E-state index is -0.0151. The summed E-state index contributed by atoms with van der Waals surface area (Å²) in [5.41, 5.74) is 1.20. The summed E-state index contributed by atoms with van der Waals surface area (Å²) in [6.45, 7) is 5.04. The first-order chi connectivity index (χ1) is 13.7. The maximum absolute atomic E-state index is 13.0. The van der Waals surface area contributed by atoms with Gasteiger partial charge in [0.1, 0.15) is 0 Å². The van der Waals surface area contributed by atoms with Crippen LogP contribution in [0.4, 0.5) is 0 Å². The van der Waals surface area contributed by atoms with E-state index in [0.29, 0.717) is 32.2 Å². The van der Waals surface area contributed by atoms with Gasteiger partial charge in [-0.25, -0.2) is 0 Å². The van der Waals surface area contributed by atoms with Crippen molar-refractivity contribution in [1.29, 1.82) is 0 Å². The van der Waals surface area contributed by atoms with Crippen molar-refractivity contribution in [2.45, 2.75) is 38.3 Å². The smallest absolute Gasteiger partial charge is 0.231 e. The van der Waals surface area contributed by atoms with Gasteiger partial charge in [-0.15, -0.1) is 0 Å². The highest BCUT2D eigenvalue weighted by atomic mass is 16.7. The lowest BCUT2D eigenvalue weighted by atomic mass is 9.95. The Morgan fingerprint density at radius 1 is 1.04 bits per heavy atom. The van der Waals surface area contributed by atoms with E-state index in [2.05, 4.69) is 11.0 Å². The second-order valence-corrected chi connectivity index (χ2v) is 8.30. The summed E-state index contributed by atoms with van der Waals surface area (Å²) in [7, 11) is 0. The van der Waals surface area contributed by atoms with E-state index in [1.807, 2.05) is 21.9 Å². The van der Waals surface area contributed by atoms with Crippen molar-refractivity contribution in [2.75, 3.05) is 39.5 Å². The van der Waals surface area contributed by atoms with E-state index >= 15 is 0 Å². The van der Waals surface area contributed by atoms with Crippen LogP contribution < -0.4 is 9.47 Å². The Morgan fingerprint density at radius 3 is 2.61 bits per heavy atom. The Hall–Kier alpha value is -2.28. The van der Waals surface area contributed by atoms with Gasteiger partial charge in [-0.3, -0.25) is 14.5 Å². The highest BCUT2D eigenvalue weighted by Crippen LogP contribution is 2.34. The molecule has 150 valence electrons. The van der Waals surface area contributed by atoms with Gasteiger partial charge in [-0.1, -0.05) is 6.07 Å². The van der Waals surface area contributed by atoms with Gasteiger partial charge in [-0.2, -0.15) is 0 Å². The Balaban J connectivity index is 1.13. The number of carbonyl (C=O) groups is 2. The molecule has 3 fully saturated rings. The summed E-state index contributed by atoms with van der Waals surface area (Å²) >= 11 is 0. The molecule has 3 heterocycles. The number of rotatable bonds is 4. The second-order valence-electron chi connectivity index (χ2n) is 8.30. The maximum Gasteiger partial charge on any atom is 0.231 e. The number of hydrogen-bond acceptors (Lipinski definition) is 5. The fourth-order valence-corrected chi connectivity index (χ4v) is 4.49. The van der Waals surface area contributed by atoms with Crippen LogP contribution in [0, 0.1) is 5.92 Å². The molecule has 0 radical (unpaired) electrons. The molecule has 4 aliphatic rings. The van der Waals surface area contributed by atoms with Crippen molar-refractivity contribution < 1.29 is 19.1 Å². The first-order valence-corrected chi connectivity index (χ1v) is 10.4. The lowest BCUT2D eigenvalue weighted by Crippen LogP contribution is -2.53. The first kappa shape index (κ1) is 17.8. The fourth-order valence-electron chi connectivity index (χ4n) is 4.49. The summed E-state index contributed by atoms with van der Waals surface area (Å²) in [6, 6.07) is 6.50. The normalized spacial score (nSPS) is 25.3. The third-order valence-corrected chi connectivity index (χ3v) is 6.31. The molecular weight excluding hydrogens is 358 g/mol.